The summed E-state index contributed by atoms with van der Waals surface area (Å²) in [5, 5.41) is 5.09. The van der Waals surface area contributed by atoms with Gasteiger partial charge >= 0.3 is 0 Å². The fourth-order valence-electron chi connectivity index (χ4n) is 5.36. The molecule has 5 heteroatoms. The molecule has 1 aliphatic rings. The Labute approximate surface area is 227 Å². The monoisotopic (exact) mass is 517 g/mol. The first-order valence-corrected chi connectivity index (χ1v) is 14.2. The summed E-state index contributed by atoms with van der Waals surface area (Å²) < 4.78 is 2.28. The van der Waals surface area contributed by atoms with Crippen LogP contribution >= 0.6 is 11.3 Å². The van der Waals surface area contributed by atoms with E-state index in [1.54, 1.807) is 11.3 Å². The van der Waals surface area contributed by atoms with E-state index in [-0.39, 0.29) is 5.91 Å². The van der Waals surface area contributed by atoms with Crippen molar-refractivity contribution in [1.29, 1.82) is 0 Å². The van der Waals surface area contributed by atoms with Gasteiger partial charge in [0.1, 0.15) is 5.00 Å². The SMILES string of the molecule is O=C(Nc1ccccc1)c1c(N=Cc2cn(Cc3ccccc3)c3ccccc23)sc2c1CCCCCC2. The lowest BCUT2D eigenvalue weighted by Crippen LogP contribution is -2.14. The number of carbonyl (C=O) groups excluding carboxylic acids is 1. The summed E-state index contributed by atoms with van der Waals surface area (Å²) in [6.45, 7) is 0.799. The number of nitrogens with zero attached hydrogens (tertiary/aromatic N) is 2. The molecule has 0 bridgehead atoms. The summed E-state index contributed by atoms with van der Waals surface area (Å²) >= 11 is 1.69. The molecule has 4 nitrogen and oxygen atoms in total. The van der Waals surface area contributed by atoms with Gasteiger partial charge < -0.3 is 9.88 Å². The van der Waals surface area contributed by atoms with Gasteiger partial charge in [0.05, 0.1) is 5.56 Å². The molecule has 38 heavy (non-hydrogen) atoms. The summed E-state index contributed by atoms with van der Waals surface area (Å²) in [6, 6.07) is 28.7. The normalized spacial score (nSPS) is 13.8. The van der Waals surface area contributed by atoms with Crippen molar-refractivity contribution in [3.05, 3.63) is 118 Å². The van der Waals surface area contributed by atoms with Crippen LogP contribution in [0.3, 0.4) is 0 Å². The molecule has 1 amide bonds. The molecule has 0 atom stereocenters. The number of para-hydroxylation sites is 2. The minimum atomic E-state index is -0.0621. The molecule has 0 saturated carbocycles. The number of hydrogen-bond acceptors (Lipinski definition) is 3. The van der Waals surface area contributed by atoms with Crippen LogP contribution in [0.25, 0.3) is 10.9 Å². The van der Waals surface area contributed by atoms with E-state index >= 15 is 0 Å². The molecule has 1 N–H and O–H groups in total. The van der Waals surface area contributed by atoms with Gasteiger partial charge in [-0.2, -0.15) is 0 Å². The van der Waals surface area contributed by atoms with Crippen LogP contribution in [0.1, 0.15) is 57.6 Å². The maximum atomic E-state index is 13.6. The van der Waals surface area contributed by atoms with Crippen LogP contribution in [0.2, 0.25) is 0 Å². The first-order chi connectivity index (χ1) is 18.8. The van der Waals surface area contributed by atoms with E-state index in [0.29, 0.717) is 0 Å². The number of amides is 1. The van der Waals surface area contributed by atoms with E-state index in [9.17, 15) is 4.79 Å². The van der Waals surface area contributed by atoms with Crippen LogP contribution in [0.5, 0.6) is 0 Å². The molecule has 2 heterocycles. The molecule has 1 aliphatic carbocycles. The topological polar surface area (TPSA) is 46.4 Å². The Kier molecular flexibility index (Phi) is 7.18. The van der Waals surface area contributed by atoms with Crippen molar-refractivity contribution >= 4 is 45.0 Å². The van der Waals surface area contributed by atoms with Crippen molar-refractivity contribution in [3.63, 3.8) is 0 Å². The Balaban J connectivity index is 1.38. The van der Waals surface area contributed by atoms with Gasteiger partial charge in [0.25, 0.3) is 5.91 Å². The van der Waals surface area contributed by atoms with Crippen molar-refractivity contribution in [1.82, 2.24) is 4.57 Å². The van der Waals surface area contributed by atoms with Crippen LogP contribution in [-0.2, 0) is 19.4 Å². The third-order valence-corrected chi connectivity index (χ3v) is 8.45. The Morgan fingerprint density at radius 1 is 0.868 bits per heavy atom. The second-order valence-corrected chi connectivity index (χ2v) is 11.0. The van der Waals surface area contributed by atoms with Crippen LogP contribution in [0.15, 0.2) is 96.1 Å². The average Bonchev–Trinajstić information content (AvgIpc) is 3.46. The van der Waals surface area contributed by atoms with E-state index < -0.39 is 0 Å². The quantitative estimate of drug-likeness (QED) is 0.226. The van der Waals surface area contributed by atoms with E-state index in [1.807, 2.05) is 42.6 Å². The number of aliphatic imine (C=N–C) groups is 1. The highest BCUT2D eigenvalue weighted by atomic mass is 32.1. The Morgan fingerprint density at radius 3 is 2.39 bits per heavy atom. The molecule has 2 aromatic heterocycles. The molecule has 0 radical (unpaired) electrons. The van der Waals surface area contributed by atoms with Crippen molar-refractivity contribution in [2.45, 2.75) is 45.1 Å². The predicted octanol–water partition coefficient (Wildman–Crippen LogP) is 8.41. The fourth-order valence-corrected chi connectivity index (χ4v) is 6.59. The highest BCUT2D eigenvalue weighted by molar-refractivity contribution is 7.16. The van der Waals surface area contributed by atoms with Gasteiger partial charge in [-0.1, -0.05) is 79.6 Å². The van der Waals surface area contributed by atoms with Gasteiger partial charge in [0.15, 0.2) is 0 Å². The first kappa shape index (κ1) is 24.4. The molecule has 0 fully saturated rings. The molecule has 0 spiro atoms. The Morgan fingerprint density at radius 2 is 1.58 bits per heavy atom. The number of aryl methyl sites for hydroxylation is 1. The van der Waals surface area contributed by atoms with Gasteiger partial charge in [-0.3, -0.25) is 4.79 Å². The number of nitrogens with one attached hydrogen (secondary N) is 1. The highest BCUT2D eigenvalue weighted by Crippen LogP contribution is 2.39. The van der Waals surface area contributed by atoms with Crippen molar-refractivity contribution in [3.8, 4) is 0 Å². The van der Waals surface area contributed by atoms with Crippen molar-refractivity contribution < 1.29 is 4.79 Å². The third-order valence-electron chi connectivity index (χ3n) is 7.25. The van der Waals surface area contributed by atoms with Gasteiger partial charge in [0.2, 0.25) is 0 Å². The van der Waals surface area contributed by atoms with E-state index in [0.717, 1.165) is 53.0 Å². The molecule has 6 rings (SSSR count). The number of carbonyl (C=O) groups is 1. The maximum Gasteiger partial charge on any atom is 0.259 e. The standard InChI is InChI=1S/C33H31N3OS/c37-32(35-26-15-7-4-8-16-26)31-28-18-9-1-2-10-20-30(28)38-33(31)34-21-25-23-36(22-24-13-5-3-6-14-24)29-19-12-11-17-27(25)29/h3-8,11-17,19,21,23H,1-2,9-10,18,20,22H2,(H,35,37). The van der Waals surface area contributed by atoms with Crippen LogP contribution < -0.4 is 5.32 Å². The zero-order valence-corrected chi connectivity index (χ0v) is 22.2. The smallest absolute Gasteiger partial charge is 0.259 e. The number of aromatic nitrogens is 1. The average molecular weight is 518 g/mol. The molecular weight excluding hydrogens is 486 g/mol. The zero-order chi connectivity index (χ0) is 25.7. The molecular formula is C33H31N3OS. The van der Waals surface area contributed by atoms with Crippen molar-refractivity contribution in [2.75, 3.05) is 5.32 Å². The second kappa shape index (κ2) is 11.2. The van der Waals surface area contributed by atoms with E-state index in [1.165, 1.54) is 40.8 Å². The summed E-state index contributed by atoms with van der Waals surface area (Å²) in [5.74, 6) is -0.0621. The second-order valence-electron chi connectivity index (χ2n) is 9.89. The van der Waals surface area contributed by atoms with Gasteiger partial charge in [0, 0.05) is 46.0 Å². The predicted molar refractivity (Wildman–Crippen MR) is 159 cm³/mol. The fraction of sp³-hybridized carbons (Fsp3) is 0.212. The number of anilines is 1. The third kappa shape index (κ3) is 5.20. The Bertz CT molecular complexity index is 1580. The summed E-state index contributed by atoms with van der Waals surface area (Å²) in [7, 11) is 0. The van der Waals surface area contributed by atoms with Gasteiger partial charge in [-0.25, -0.2) is 4.99 Å². The maximum absolute atomic E-state index is 13.6. The molecule has 5 aromatic rings. The molecule has 0 aliphatic heterocycles. The van der Waals surface area contributed by atoms with E-state index in [4.69, 9.17) is 4.99 Å². The highest BCUT2D eigenvalue weighted by Gasteiger charge is 2.24. The molecule has 0 saturated heterocycles. The zero-order valence-electron chi connectivity index (χ0n) is 21.4. The number of fused-ring (bicyclic) bond motifs is 2. The van der Waals surface area contributed by atoms with Crippen molar-refractivity contribution in [2.24, 2.45) is 4.99 Å². The van der Waals surface area contributed by atoms with E-state index in [2.05, 4.69) is 64.6 Å². The lowest BCUT2D eigenvalue weighted by Gasteiger charge is -2.12. The number of rotatable bonds is 6. The Hall–Kier alpha value is -3.96. The summed E-state index contributed by atoms with van der Waals surface area (Å²) in [4.78, 5) is 19.9. The lowest BCUT2D eigenvalue weighted by atomic mass is 9.96. The molecule has 190 valence electrons. The van der Waals surface area contributed by atoms with Gasteiger partial charge in [-0.15, -0.1) is 11.3 Å². The summed E-state index contributed by atoms with van der Waals surface area (Å²) in [5.41, 5.74) is 6.25. The first-order valence-electron chi connectivity index (χ1n) is 13.4. The molecule has 3 aromatic carbocycles. The summed E-state index contributed by atoms with van der Waals surface area (Å²) in [6.07, 6.45) is 10.8. The number of benzene rings is 3. The van der Waals surface area contributed by atoms with Crippen LogP contribution in [0.4, 0.5) is 10.7 Å². The number of hydrogen-bond donors (Lipinski definition) is 1. The van der Waals surface area contributed by atoms with Crippen LogP contribution in [-0.4, -0.2) is 16.7 Å². The minimum Gasteiger partial charge on any atom is -0.342 e. The number of thiophene rings is 1. The van der Waals surface area contributed by atoms with Gasteiger partial charge in [-0.05, 0) is 55.0 Å². The largest absolute Gasteiger partial charge is 0.342 e. The lowest BCUT2D eigenvalue weighted by molar-refractivity contribution is 0.102. The molecule has 0 unspecified atom stereocenters. The minimum absolute atomic E-state index is 0.0621. The van der Waals surface area contributed by atoms with Crippen LogP contribution in [0, 0.1) is 0 Å².